The summed E-state index contributed by atoms with van der Waals surface area (Å²) in [4.78, 5) is 28.0. The van der Waals surface area contributed by atoms with E-state index in [0.717, 1.165) is 28.3 Å². The Morgan fingerprint density at radius 2 is 1.70 bits per heavy atom. The van der Waals surface area contributed by atoms with Crippen molar-refractivity contribution in [3.63, 3.8) is 0 Å². The summed E-state index contributed by atoms with van der Waals surface area (Å²) >= 11 is -0.177. The SMILES string of the molecule is CCCN(CCC)C(=O)c1cccc(C(=O)N[C@@H](Cc2ccccc2)[C@@H](O)C[AsH]C2CC2)c1. The summed E-state index contributed by atoms with van der Waals surface area (Å²) in [6.45, 7) is 5.53. The molecule has 33 heavy (non-hydrogen) atoms. The number of amides is 2. The number of nitrogens with one attached hydrogen (secondary N) is 1. The quantitative estimate of drug-likeness (QED) is 0.398. The van der Waals surface area contributed by atoms with E-state index in [-0.39, 0.29) is 33.6 Å². The molecule has 3 atom stereocenters. The molecular formula is C27H37AsN2O3. The Bertz CT molecular complexity index is 895. The molecule has 6 heteroatoms. The van der Waals surface area contributed by atoms with Crippen molar-refractivity contribution in [3.8, 4) is 0 Å². The predicted molar refractivity (Wildman–Crippen MR) is 135 cm³/mol. The van der Waals surface area contributed by atoms with Crippen LogP contribution in [-0.4, -0.2) is 62.8 Å². The molecule has 2 aromatic carbocycles. The van der Waals surface area contributed by atoms with Crippen LogP contribution in [0.3, 0.4) is 0 Å². The second-order valence-corrected chi connectivity index (χ2v) is 12.3. The summed E-state index contributed by atoms with van der Waals surface area (Å²) in [7, 11) is 0. The second kappa shape index (κ2) is 13.0. The van der Waals surface area contributed by atoms with Crippen LogP contribution in [0.15, 0.2) is 54.6 Å². The molecule has 0 bridgehead atoms. The summed E-state index contributed by atoms with van der Waals surface area (Å²) in [5.41, 5.74) is 2.08. The minimum absolute atomic E-state index is 0.0379. The van der Waals surface area contributed by atoms with E-state index in [2.05, 4.69) is 19.2 Å². The Balaban J connectivity index is 1.72. The first-order chi connectivity index (χ1) is 16.0. The van der Waals surface area contributed by atoms with Crippen LogP contribution in [0.4, 0.5) is 0 Å². The van der Waals surface area contributed by atoms with Gasteiger partial charge in [-0.25, -0.2) is 0 Å². The molecule has 2 amide bonds. The van der Waals surface area contributed by atoms with Crippen molar-refractivity contribution in [1.82, 2.24) is 10.2 Å². The van der Waals surface area contributed by atoms with E-state index in [9.17, 15) is 14.7 Å². The van der Waals surface area contributed by atoms with E-state index in [1.807, 2.05) is 35.2 Å². The third-order valence-electron chi connectivity index (χ3n) is 5.92. The van der Waals surface area contributed by atoms with Crippen LogP contribution in [0.5, 0.6) is 0 Å². The van der Waals surface area contributed by atoms with Gasteiger partial charge in [0.25, 0.3) is 0 Å². The molecule has 0 aliphatic heterocycles. The van der Waals surface area contributed by atoms with E-state index in [4.69, 9.17) is 0 Å². The minimum atomic E-state index is -0.552. The number of rotatable bonds is 13. The standard InChI is InChI=1S/C27H37AsN2O3/c1-3-15-30(16-4-2)27(33)22-12-8-11-21(18-22)26(32)29-24(17-20-9-6-5-7-10-20)25(31)19-28-23-13-14-23/h5-12,18,23-25,28,31H,3-4,13-17,19H2,1-2H3,(H,29,32)/t24-,25-/m0/s1. The fourth-order valence-corrected chi connectivity index (χ4v) is 6.96. The van der Waals surface area contributed by atoms with E-state index in [1.54, 1.807) is 24.3 Å². The molecule has 1 unspecified atom stereocenters. The first kappa shape index (κ1) is 25.5. The number of carbonyl (C=O) groups excluding carboxylic acids is 2. The van der Waals surface area contributed by atoms with Crippen molar-refractivity contribution in [2.45, 2.75) is 68.0 Å². The number of aliphatic hydroxyl groups excluding tert-OH is 1. The van der Waals surface area contributed by atoms with Gasteiger partial charge in [-0.15, -0.1) is 0 Å². The Hall–Kier alpha value is -2.10. The number of benzene rings is 2. The summed E-state index contributed by atoms with van der Waals surface area (Å²) in [6, 6.07) is 16.6. The molecule has 2 aromatic rings. The van der Waals surface area contributed by atoms with Gasteiger partial charge in [0.15, 0.2) is 0 Å². The van der Waals surface area contributed by atoms with Gasteiger partial charge in [-0.05, 0) is 0 Å². The summed E-state index contributed by atoms with van der Waals surface area (Å²) in [6.07, 6.45) is 4.43. The van der Waals surface area contributed by atoms with Gasteiger partial charge in [0, 0.05) is 0 Å². The molecule has 3 rings (SSSR count). The summed E-state index contributed by atoms with van der Waals surface area (Å²) in [5, 5.41) is 14.8. The number of hydrogen-bond acceptors (Lipinski definition) is 3. The third-order valence-corrected chi connectivity index (χ3v) is 9.71. The van der Waals surface area contributed by atoms with Gasteiger partial charge < -0.3 is 0 Å². The molecule has 1 fully saturated rings. The van der Waals surface area contributed by atoms with Crippen LogP contribution in [0, 0.1) is 0 Å². The molecule has 2 N–H and O–H groups in total. The Kier molecular flexibility index (Phi) is 10.0. The molecule has 0 aromatic heterocycles. The van der Waals surface area contributed by atoms with Gasteiger partial charge in [-0.3, -0.25) is 0 Å². The third kappa shape index (κ3) is 8.01. The van der Waals surface area contributed by atoms with Crippen LogP contribution in [0.25, 0.3) is 0 Å². The molecule has 0 radical (unpaired) electrons. The van der Waals surface area contributed by atoms with Crippen molar-refractivity contribution >= 4 is 27.6 Å². The molecule has 0 spiro atoms. The number of carbonyl (C=O) groups is 2. The monoisotopic (exact) mass is 512 g/mol. The van der Waals surface area contributed by atoms with Crippen molar-refractivity contribution in [3.05, 3.63) is 71.3 Å². The maximum absolute atomic E-state index is 13.2. The van der Waals surface area contributed by atoms with Crippen molar-refractivity contribution in [2.75, 3.05) is 13.1 Å². The Labute approximate surface area is 204 Å². The van der Waals surface area contributed by atoms with E-state index >= 15 is 0 Å². The first-order valence-corrected chi connectivity index (χ1v) is 14.9. The van der Waals surface area contributed by atoms with Gasteiger partial charge in [-0.2, -0.15) is 0 Å². The predicted octanol–water partition coefficient (Wildman–Crippen LogP) is 4.09. The molecule has 178 valence electrons. The molecule has 1 aliphatic carbocycles. The van der Waals surface area contributed by atoms with Crippen molar-refractivity contribution in [2.24, 2.45) is 0 Å². The Morgan fingerprint density at radius 3 is 2.33 bits per heavy atom. The molecule has 5 nitrogen and oxygen atoms in total. The fourth-order valence-electron chi connectivity index (χ4n) is 3.95. The normalized spacial score (nSPS) is 15.4. The number of nitrogens with zero attached hydrogens (tertiary/aromatic N) is 1. The zero-order valence-corrected chi connectivity index (χ0v) is 21.9. The molecule has 0 saturated heterocycles. The zero-order chi connectivity index (χ0) is 23.6. The molecule has 1 saturated carbocycles. The number of aliphatic hydroxyl groups is 1. The van der Waals surface area contributed by atoms with Gasteiger partial charge in [-0.1, -0.05) is 13.8 Å². The van der Waals surface area contributed by atoms with Gasteiger partial charge in [0.2, 0.25) is 0 Å². The summed E-state index contributed by atoms with van der Waals surface area (Å²) < 4.78 is 0.851. The maximum atomic E-state index is 13.2. The van der Waals surface area contributed by atoms with Crippen molar-refractivity contribution in [1.29, 1.82) is 0 Å². The zero-order valence-electron chi connectivity index (χ0n) is 19.8. The molecule has 1 aliphatic rings. The Morgan fingerprint density at radius 1 is 1.03 bits per heavy atom. The summed E-state index contributed by atoms with van der Waals surface area (Å²) in [5.74, 6) is -0.280. The van der Waals surface area contributed by atoms with E-state index in [0.29, 0.717) is 30.6 Å². The van der Waals surface area contributed by atoms with Crippen molar-refractivity contribution < 1.29 is 14.7 Å². The second-order valence-electron chi connectivity index (χ2n) is 8.89. The van der Waals surface area contributed by atoms with Crippen LogP contribution < -0.4 is 5.32 Å². The van der Waals surface area contributed by atoms with Crippen LogP contribution in [0.1, 0.15) is 65.8 Å². The van der Waals surface area contributed by atoms with Gasteiger partial charge >= 0.3 is 191 Å². The van der Waals surface area contributed by atoms with Crippen LogP contribution >= 0.6 is 0 Å². The van der Waals surface area contributed by atoms with Crippen LogP contribution in [-0.2, 0) is 6.42 Å². The van der Waals surface area contributed by atoms with Gasteiger partial charge in [0.1, 0.15) is 0 Å². The van der Waals surface area contributed by atoms with E-state index in [1.165, 1.54) is 12.8 Å². The average molecular weight is 513 g/mol. The van der Waals surface area contributed by atoms with Gasteiger partial charge in [0.05, 0.1) is 0 Å². The van der Waals surface area contributed by atoms with Crippen LogP contribution in [0.2, 0.25) is 9.91 Å². The molecular weight excluding hydrogens is 475 g/mol. The first-order valence-electron chi connectivity index (χ1n) is 12.2. The van der Waals surface area contributed by atoms with E-state index < -0.39 is 6.10 Å². The average Bonchev–Trinajstić information content (AvgIpc) is 3.67. The fraction of sp³-hybridized carbons (Fsp3) is 0.481. The number of hydrogen-bond donors (Lipinski definition) is 2. The topological polar surface area (TPSA) is 69.6 Å². The molecule has 0 heterocycles.